The maximum Gasteiger partial charge on any atom is 0.327 e. The number of rotatable bonds is 7. The molecule has 14 heteroatoms. The summed E-state index contributed by atoms with van der Waals surface area (Å²) in [5, 5.41) is 15.1. The van der Waals surface area contributed by atoms with Crippen LogP contribution in [0.5, 0.6) is 0 Å². The van der Waals surface area contributed by atoms with Crippen LogP contribution in [0.15, 0.2) is 53.5 Å². The van der Waals surface area contributed by atoms with Crippen molar-refractivity contribution in [1.29, 1.82) is 0 Å². The Morgan fingerprint density at radius 3 is 2.37 bits per heavy atom. The smallest absolute Gasteiger partial charge is 0.327 e. The van der Waals surface area contributed by atoms with Crippen molar-refractivity contribution < 1.29 is 29.1 Å². The second-order valence-electron chi connectivity index (χ2n) is 13.5. The monoisotopic (exact) mass is 686 g/mol. The fourth-order valence-electron chi connectivity index (χ4n) is 7.67. The highest BCUT2D eigenvalue weighted by molar-refractivity contribution is 8.01. The zero-order valence-corrected chi connectivity index (χ0v) is 28.3. The number of β-lactam (4-membered cyclic amide) rings is 1. The number of amides is 4. The number of nitrogens with zero attached hydrogens (tertiary/aromatic N) is 4. The SMILES string of the molecule is CC(=O)N1CCN(c2ccc3c(=O)c(C(=O)NC(C(=O)NC4C(=O)N5C4SC(C)(C)C5C(=O)O)c4ccccc4)cn4c3c2CCC4)CC1. The standard InChI is InChI=1S/C35H38N6O7S/c1-19(42)38-14-16-39(17-15-38)24-12-11-22-27-21(24)10-7-13-40(27)18-23(28(22)43)30(44)36-25(20-8-5-4-6-9-20)31(45)37-26-32(46)41-29(34(47)48)35(2,3)49-33(26)41/h4-6,8-9,11-12,18,25-26,29,33H,7,10,13-17H2,1-3H3,(H,36,44)(H,37,45)(H,47,48). The summed E-state index contributed by atoms with van der Waals surface area (Å²) in [4.78, 5) is 83.9. The molecule has 1 aromatic heterocycles. The van der Waals surface area contributed by atoms with E-state index in [9.17, 15) is 33.9 Å². The number of hydrogen-bond donors (Lipinski definition) is 3. The second-order valence-corrected chi connectivity index (χ2v) is 15.3. The van der Waals surface area contributed by atoms with Crippen LogP contribution in [0.4, 0.5) is 5.69 Å². The summed E-state index contributed by atoms with van der Waals surface area (Å²) in [5.41, 5.74) is 2.79. The molecule has 0 radical (unpaired) electrons. The van der Waals surface area contributed by atoms with Crippen molar-refractivity contribution >= 4 is 58.0 Å². The van der Waals surface area contributed by atoms with Crippen molar-refractivity contribution in [3.8, 4) is 0 Å². The first-order valence-corrected chi connectivity index (χ1v) is 17.3. The lowest BCUT2D eigenvalue weighted by Gasteiger charge is -2.44. The van der Waals surface area contributed by atoms with E-state index in [-0.39, 0.29) is 11.5 Å². The molecule has 0 bridgehead atoms. The molecule has 7 rings (SSSR count). The zero-order valence-electron chi connectivity index (χ0n) is 27.5. The number of carboxylic acids is 1. The van der Waals surface area contributed by atoms with Gasteiger partial charge in [-0.05, 0) is 49.9 Å². The van der Waals surface area contributed by atoms with Crippen molar-refractivity contribution in [2.75, 3.05) is 31.1 Å². The number of hydrogen-bond acceptors (Lipinski definition) is 8. The molecule has 4 aliphatic rings. The second kappa shape index (κ2) is 12.2. The van der Waals surface area contributed by atoms with Crippen LogP contribution in [0, 0.1) is 0 Å². The molecule has 13 nitrogen and oxygen atoms in total. The van der Waals surface area contributed by atoms with Crippen LogP contribution in [0.25, 0.3) is 10.9 Å². The summed E-state index contributed by atoms with van der Waals surface area (Å²) in [6, 6.07) is 9.03. The van der Waals surface area contributed by atoms with E-state index in [4.69, 9.17) is 0 Å². The van der Waals surface area contributed by atoms with Crippen molar-refractivity contribution in [2.24, 2.45) is 0 Å². The van der Waals surface area contributed by atoms with Gasteiger partial charge in [0.25, 0.3) is 5.91 Å². The number of carbonyl (C=O) groups is 5. The molecule has 3 saturated heterocycles. The fraction of sp³-hybridized carbons (Fsp3) is 0.429. The molecule has 0 aliphatic carbocycles. The Morgan fingerprint density at radius 1 is 0.980 bits per heavy atom. The third-order valence-electron chi connectivity index (χ3n) is 10.1. The average molecular weight is 687 g/mol. The maximum atomic E-state index is 13.9. The van der Waals surface area contributed by atoms with Crippen LogP contribution in [0.3, 0.4) is 0 Å². The van der Waals surface area contributed by atoms with E-state index in [1.165, 1.54) is 16.7 Å². The molecule has 256 valence electrons. The van der Waals surface area contributed by atoms with Crippen LogP contribution in [-0.2, 0) is 32.1 Å². The zero-order chi connectivity index (χ0) is 34.8. The first-order chi connectivity index (χ1) is 23.4. The minimum absolute atomic E-state index is 0.0556. The van der Waals surface area contributed by atoms with Crippen molar-refractivity contribution in [3.63, 3.8) is 0 Å². The molecule has 2 aromatic carbocycles. The summed E-state index contributed by atoms with van der Waals surface area (Å²) in [7, 11) is 0. The molecule has 4 amide bonds. The number of benzene rings is 2. The molecule has 4 atom stereocenters. The van der Waals surface area contributed by atoms with E-state index < -0.39 is 57.4 Å². The minimum Gasteiger partial charge on any atom is -0.480 e. The van der Waals surface area contributed by atoms with Gasteiger partial charge in [0.05, 0.1) is 5.52 Å². The molecule has 4 unspecified atom stereocenters. The van der Waals surface area contributed by atoms with Gasteiger partial charge in [0.2, 0.25) is 23.2 Å². The Hall–Kier alpha value is -4.85. The van der Waals surface area contributed by atoms with E-state index in [2.05, 4.69) is 15.5 Å². The molecule has 49 heavy (non-hydrogen) atoms. The number of pyridine rings is 1. The maximum absolute atomic E-state index is 13.9. The quantitative estimate of drug-likeness (QED) is 0.315. The third-order valence-corrected chi connectivity index (χ3v) is 11.7. The third kappa shape index (κ3) is 5.51. The number of aryl methyl sites for hydroxylation is 2. The van der Waals surface area contributed by atoms with E-state index in [0.29, 0.717) is 43.7 Å². The molecule has 0 spiro atoms. The average Bonchev–Trinajstić information content (AvgIpc) is 3.35. The van der Waals surface area contributed by atoms with Crippen molar-refractivity contribution in [1.82, 2.24) is 25.0 Å². The van der Waals surface area contributed by atoms with Crippen LogP contribution in [0.1, 0.15) is 54.7 Å². The van der Waals surface area contributed by atoms with Gasteiger partial charge < -0.3 is 35.0 Å². The van der Waals surface area contributed by atoms with Crippen molar-refractivity contribution in [2.45, 2.75) is 68.4 Å². The lowest BCUT2D eigenvalue weighted by Crippen LogP contribution is -2.71. The molecular weight excluding hydrogens is 648 g/mol. The van der Waals surface area contributed by atoms with Gasteiger partial charge >= 0.3 is 5.97 Å². The van der Waals surface area contributed by atoms with Crippen LogP contribution >= 0.6 is 11.8 Å². The Kier molecular flexibility index (Phi) is 8.16. The molecule has 3 fully saturated rings. The van der Waals surface area contributed by atoms with Gasteiger partial charge in [0, 0.05) is 61.7 Å². The molecule has 5 heterocycles. The van der Waals surface area contributed by atoms with Crippen LogP contribution < -0.4 is 21.0 Å². The highest BCUT2D eigenvalue weighted by Gasteiger charge is 2.64. The predicted molar refractivity (Wildman–Crippen MR) is 183 cm³/mol. The van der Waals surface area contributed by atoms with Crippen LogP contribution in [0.2, 0.25) is 0 Å². The molecule has 3 aromatic rings. The van der Waals surface area contributed by atoms with E-state index in [1.807, 2.05) is 15.5 Å². The summed E-state index contributed by atoms with van der Waals surface area (Å²) in [5.74, 6) is -2.91. The number of thioether (sulfide) groups is 1. The number of carbonyl (C=O) groups excluding carboxylic acids is 4. The number of carboxylic acid groups (broad SMARTS) is 1. The Morgan fingerprint density at radius 2 is 1.69 bits per heavy atom. The molecule has 4 aliphatic heterocycles. The van der Waals surface area contributed by atoms with Crippen LogP contribution in [-0.4, -0.2) is 97.5 Å². The van der Waals surface area contributed by atoms with E-state index in [1.54, 1.807) is 63.4 Å². The highest BCUT2D eigenvalue weighted by atomic mass is 32.2. The molecular formula is C35H38N6O7S. The number of piperazine rings is 1. The summed E-state index contributed by atoms with van der Waals surface area (Å²) >= 11 is 1.31. The highest BCUT2D eigenvalue weighted by Crippen LogP contribution is 2.50. The predicted octanol–water partition coefficient (Wildman–Crippen LogP) is 1.72. The van der Waals surface area contributed by atoms with Gasteiger partial charge in [-0.15, -0.1) is 11.8 Å². The van der Waals surface area contributed by atoms with E-state index >= 15 is 0 Å². The van der Waals surface area contributed by atoms with Gasteiger partial charge in [-0.3, -0.25) is 24.0 Å². The van der Waals surface area contributed by atoms with Gasteiger partial charge in [0.15, 0.2) is 0 Å². The topological polar surface area (TPSA) is 161 Å². The van der Waals surface area contributed by atoms with Gasteiger partial charge in [-0.2, -0.15) is 0 Å². The number of anilines is 1. The largest absolute Gasteiger partial charge is 0.480 e. The van der Waals surface area contributed by atoms with Gasteiger partial charge in [-0.25, -0.2) is 4.79 Å². The van der Waals surface area contributed by atoms with Gasteiger partial charge in [-0.1, -0.05) is 30.3 Å². The van der Waals surface area contributed by atoms with E-state index in [0.717, 1.165) is 29.6 Å². The Bertz CT molecular complexity index is 1950. The first-order valence-electron chi connectivity index (χ1n) is 16.5. The molecule has 0 saturated carbocycles. The van der Waals surface area contributed by atoms with Crippen molar-refractivity contribution in [3.05, 3.63) is 75.6 Å². The number of aromatic nitrogens is 1. The first kappa shape index (κ1) is 32.7. The lowest BCUT2D eigenvalue weighted by atomic mass is 9.95. The Balaban J connectivity index is 1.16. The number of aliphatic carboxylic acids is 1. The van der Waals surface area contributed by atoms with Gasteiger partial charge in [0.1, 0.15) is 29.1 Å². The Labute approximate surface area is 286 Å². The summed E-state index contributed by atoms with van der Waals surface area (Å²) in [6.45, 7) is 8.33. The number of nitrogens with one attached hydrogen (secondary N) is 2. The fourth-order valence-corrected chi connectivity index (χ4v) is 9.29. The normalized spacial score (nSPS) is 23.0. The summed E-state index contributed by atoms with van der Waals surface area (Å²) < 4.78 is 1.18. The number of fused-ring (bicyclic) bond motifs is 1. The minimum atomic E-state index is -1.23. The molecule has 3 N–H and O–H groups in total. The summed E-state index contributed by atoms with van der Waals surface area (Å²) in [6.07, 6.45) is 3.16. The lowest BCUT2D eigenvalue weighted by molar-refractivity contribution is -0.161.